The molecule has 0 aliphatic carbocycles. The standard InChI is InChI=1S/C19H17BrN4O2S/c1-12-2-8-15(9-3-12)22-17(25)10-16-18(26)23-19(27-16)24-21-11-13-4-6-14(20)7-5-13/h2-9,11,16H,10H2,1H3,(H,22,25)(H,23,24,26)/b21-11-/t16-/m0/s1. The minimum atomic E-state index is -0.517. The van der Waals surface area contributed by atoms with Crippen molar-refractivity contribution in [2.45, 2.75) is 18.6 Å². The molecule has 1 saturated heterocycles. The first-order valence-electron chi connectivity index (χ1n) is 8.20. The molecule has 0 spiro atoms. The van der Waals surface area contributed by atoms with Crippen molar-refractivity contribution < 1.29 is 9.59 Å². The molecule has 2 aromatic rings. The summed E-state index contributed by atoms with van der Waals surface area (Å²) in [5, 5.41) is 13.3. The molecule has 0 aromatic heterocycles. The number of carbonyl (C=O) groups is 2. The van der Waals surface area contributed by atoms with Gasteiger partial charge in [0.1, 0.15) is 5.25 Å². The van der Waals surface area contributed by atoms with E-state index in [9.17, 15) is 9.59 Å². The quantitative estimate of drug-likeness (QED) is 0.544. The van der Waals surface area contributed by atoms with E-state index in [4.69, 9.17) is 0 Å². The van der Waals surface area contributed by atoms with Gasteiger partial charge in [0.2, 0.25) is 11.8 Å². The Morgan fingerprint density at radius 2 is 1.93 bits per heavy atom. The molecule has 1 aliphatic heterocycles. The first kappa shape index (κ1) is 19.3. The maximum Gasteiger partial charge on any atom is 0.240 e. The minimum Gasteiger partial charge on any atom is -0.326 e. The van der Waals surface area contributed by atoms with Crippen molar-refractivity contribution in [3.05, 3.63) is 64.1 Å². The van der Waals surface area contributed by atoms with E-state index in [1.165, 1.54) is 11.8 Å². The average Bonchev–Trinajstić information content (AvgIpc) is 2.98. The number of thioether (sulfide) groups is 1. The van der Waals surface area contributed by atoms with Gasteiger partial charge in [0.15, 0.2) is 5.17 Å². The van der Waals surface area contributed by atoms with Gasteiger partial charge in [0, 0.05) is 16.6 Å². The van der Waals surface area contributed by atoms with Crippen molar-refractivity contribution in [1.29, 1.82) is 0 Å². The van der Waals surface area contributed by atoms with Crippen LogP contribution in [0.2, 0.25) is 0 Å². The number of amidine groups is 1. The molecule has 0 radical (unpaired) electrons. The van der Waals surface area contributed by atoms with Crippen molar-refractivity contribution in [3.8, 4) is 0 Å². The fraction of sp³-hybridized carbons (Fsp3) is 0.158. The monoisotopic (exact) mass is 444 g/mol. The van der Waals surface area contributed by atoms with Crippen LogP contribution in [0.5, 0.6) is 0 Å². The number of nitrogens with one attached hydrogen (secondary N) is 2. The zero-order valence-electron chi connectivity index (χ0n) is 14.5. The molecule has 2 aromatic carbocycles. The summed E-state index contributed by atoms with van der Waals surface area (Å²) >= 11 is 4.57. The third-order valence-electron chi connectivity index (χ3n) is 3.71. The van der Waals surface area contributed by atoms with Crippen LogP contribution >= 0.6 is 27.7 Å². The molecule has 8 heteroatoms. The number of amides is 2. The fourth-order valence-electron chi connectivity index (χ4n) is 2.30. The Labute approximate surface area is 169 Å². The van der Waals surface area contributed by atoms with Gasteiger partial charge in [-0.1, -0.05) is 57.5 Å². The summed E-state index contributed by atoms with van der Waals surface area (Å²) < 4.78 is 0.983. The molecule has 0 saturated carbocycles. The van der Waals surface area contributed by atoms with Crippen LogP contribution < -0.4 is 10.6 Å². The molecule has 1 fully saturated rings. The number of carbonyl (C=O) groups excluding carboxylic acids is 2. The summed E-state index contributed by atoms with van der Waals surface area (Å²) in [7, 11) is 0. The SMILES string of the molecule is Cc1ccc(NC(=O)C[C@@H]2S/C(=N/N=C\c3ccc(Br)cc3)NC2=O)cc1. The number of halogens is 1. The highest BCUT2D eigenvalue weighted by Gasteiger charge is 2.32. The van der Waals surface area contributed by atoms with E-state index in [0.29, 0.717) is 10.9 Å². The molecule has 1 atom stereocenters. The zero-order valence-corrected chi connectivity index (χ0v) is 16.9. The van der Waals surface area contributed by atoms with E-state index in [-0.39, 0.29) is 18.2 Å². The lowest BCUT2D eigenvalue weighted by Gasteiger charge is -2.07. The van der Waals surface area contributed by atoms with E-state index < -0.39 is 5.25 Å². The van der Waals surface area contributed by atoms with E-state index in [2.05, 4.69) is 36.8 Å². The van der Waals surface area contributed by atoms with Crippen LogP contribution in [0.15, 0.2) is 63.2 Å². The van der Waals surface area contributed by atoms with Crippen LogP contribution in [-0.2, 0) is 9.59 Å². The molecule has 3 rings (SSSR count). The lowest BCUT2D eigenvalue weighted by molar-refractivity contribution is -0.122. The molecule has 0 unspecified atom stereocenters. The molecule has 138 valence electrons. The Morgan fingerprint density at radius 3 is 2.63 bits per heavy atom. The summed E-state index contributed by atoms with van der Waals surface area (Å²) in [5.41, 5.74) is 2.72. The predicted octanol–water partition coefficient (Wildman–Crippen LogP) is 3.71. The van der Waals surface area contributed by atoms with Crippen LogP contribution in [0.1, 0.15) is 17.5 Å². The van der Waals surface area contributed by atoms with Crippen molar-refractivity contribution in [2.24, 2.45) is 10.2 Å². The first-order chi connectivity index (χ1) is 13.0. The maximum atomic E-state index is 12.2. The van der Waals surface area contributed by atoms with Crippen molar-refractivity contribution in [2.75, 3.05) is 5.32 Å². The average molecular weight is 445 g/mol. The van der Waals surface area contributed by atoms with Gasteiger partial charge in [-0.2, -0.15) is 5.10 Å². The van der Waals surface area contributed by atoms with Crippen LogP contribution in [0, 0.1) is 6.92 Å². The molecule has 2 N–H and O–H groups in total. The van der Waals surface area contributed by atoms with Crippen LogP contribution in [0.4, 0.5) is 5.69 Å². The molecule has 6 nitrogen and oxygen atoms in total. The van der Waals surface area contributed by atoms with Crippen molar-refractivity contribution in [3.63, 3.8) is 0 Å². The van der Waals surface area contributed by atoms with E-state index in [0.717, 1.165) is 15.6 Å². The van der Waals surface area contributed by atoms with E-state index in [1.807, 2.05) is 55.5 Å². The summed E-state index contributed by atoms with van der Waals surface area (Å²) in [4.78, 5) is 24.2. The van der Waals surface area contributed by atoms with E-state index in [1.54, 1.807) is 6.21 Å². The summed E-state index contributed by atoms with van der Waals surface area (Å²) in [6.45, 7) is 1.98. The highest BCUT2D eigenvalue weighted by atomic mass is 79.9. The van der Waals surface area contributed by atoms with Gasteiger partial charge < -0.3 is 10.6 Å². The number of hydrogen-bond acceptors (Lipinski definition) is 5. The van der Waals surface area contributed by atoms with Gasteiger partial charge in [-0.15, -0.1) is 5.10 Å². The number of aryl methyl sites for hydroxylation is 1. The molecular weight excluding hydrogens is 428 g/mol. The zero-order chi connectivity index (χ0) is 19.2. The Kier molecular flexibility index (Phi) is 6.41. The third kappa shape index (κ3) is 5.77. The third-order valence-corrected chi connectivity index (χ3v) is 5.31. The van der Waals surface area contributed by atoms with Gasteiger partial charge in [-0.3, -0.25) is 9.59 Å². The van der Waals surface area contributed by atoms with Gasteiger partial charge >= 0.3 is 0 Å². The van der Waals surface area contributed by atoms with Gasteiger partial charge in [0.25, 0.3) is 0 Å². The Balaban J connectivity index is 1.54. The van der Waals surface area contributed by atoms with Gasteiger partial charge in [0.05, 0.1) is 6.21 Å². The number of hydrogen-bond donors (Lipinski definition) is 2. The normalized spacial score (nSPS) is 18.1. The Hall–Kier alpha value is -2.45. The minimum absolute atomic E-state index is 0.0693. The molecule has 0 bridgehead atoms. The molecule has 1 heterocycles. The summed E-state index contributed by atoms with van der Waals surface area (Å²) in [6.07, 6.45) is 1.67. The molecule has 1 aliphatic rings. The summed E-state index contributed by atoms with van der Waals surface area (Å²) in [5.74, 6) is -0.456. The highest BCUT2D eigenvalue weighted by molar-refractivity contribution is 9.10. The van der Waals surface area contributed by atoms with Crippen molar-refractivity contribution in [1.82, 2.24) is 5.32 Å². The predicted molar refractivity (Wildman–Crippen MR) is 113 cm³/mol. The van der Waals surface area contributed by atoms with Gasteiger partial charge in [-0.05, 0) is 36.8 Å². The summed E-state index contributed by atoms with van der Waals surface area (Å²) in [6, 6.07) is 15.1. The lowest BCUT2D eigenvalue weighted by atomic mass is 10.2. The maximum absolute atomic E-state index is 12.2. The second-order valence-corrected chi connectivity index (χ2v) is 8.02. The number of nitrogens with zero attached hydrogens (tertiary/aromatic N) is 2. The van der Waals surface area contributed by atoms with Crippen LogP contribution in [-0.4, -0.2) is 28.4 Å². The lowest BCUT2D eigenvalue weighted by Crippen LogP contribution is -2.28. The van der Waals surface area contributed by atoms with Gasteiger partial charge in [-0.25, -0.2) is 0 Å². The van der Waals surface area contributed by atoms with Crippen LogP contribution in [0.3, 0.4) is 0 Å². The number of rotatable bonds is 5. The second-order valence-electron chi connectivity index (χ2n) is 5.92. The van der Waals surface area contributed by atoms with Crippen LogP contribution in [0.25, 0.3) is 0 Å². The first-order valence-corrected chi connectivity index (χ1v) is 9.87. The van der Waals surface area contributed by atoms with E-state index >= 15 is 0 Å². The van der Waals surface area contributed by atoms with Crippen molar-refractivity contribution >= 4 is 56.6 Å². The Bertz CT molecular complexity index is 895. The molecule has 27 heavy (non-hydrogen) atoms. The largest absolute Gasteiger partial charge is 0.326 e. The number of anilines is 1. The molecular formula is C19H17BrN4O2S. The smallest absolute Gasteiger partial charge is 0.240 e. The molecule has 2 amide bonds. The highest BCUT2D eigenvalue weighted by Crippen LogP contribution is 2.23. The topological polar surface area (TPSA) is 82.9 Å². The second kappa shape index (κ2) is 8.96. The Morgan fingerprint density at radius 1 is 1.22 bits per heavy atom. The number of benzene rings is 2. The fourth-order valence-corrected chi connectivity index (χ4v) is 3.49.